The molecule has 0 bridgehead atoms. The van der Waals surface area contributed by atoms with Gasteiger partial charge in [0.05, 0.1) is 18.5 Å². The number of piperazine rings is 1. The van der Waals surface area contributed by atoms with Crippen LogP contribution in [0.3, 0.4) is 0 Å². The Bertz CT molecular complexity index is 1010. The van der Waals surface area contributed by atoms with Crippen molar-refractivity contribution in [2.45, 2.75) is 19.4 Å². The van der Waals surface area contributed by atoms with E-state index >= 15 is 0 Å². The lowest BCUT2D eigenvalue weighted by atomic mass is 10.0. The molecule has 1 unspecified atom stereocenters. The lowest BCUT2D eigenvalue weighted by Gasteiger charge is -2.31. The van der Waals surface area contributed by atoms with Gasteiger partial charge in [0.1, 0.15) is 5.75 Å². The minimum atomic E-state index is 0.0314. The monoisotopic (exact) mass is 395 g/mol. The number of aromatic nitrogens is 3. The highest BCUT2D eigenvalue weighted by molar-refractivity contribution is 7.14. The summed E-state index contributed by atoms with van der Waals surface area (Å²) in [7, 11) is 0. The van der Waals surface area contributed by atoms with Crippen molar-refractivity contribution in [1.29, 1.82) is 0 Å². The van der Waals surface area contributed by atoms with Crippen LogP contribution < -0.4 is 10.1 Å². The Morgan fingerprint density at radius 3 is 3.11 bits per heavy atom. The average Bonchev–Trinajstić information content (AvgIpc) is 3.35. The van der Waals surface area contributed by atoms with Gasteiger partial charge in [0, 0.05) is 54.3 Å². The summed E-state index contributed by atoms with van der Waals surface area (Å²) in [5, 5.41) is 10.8. The number of aromatic amines is 1. The van der Waals surface area contributed by atoms with Crippen LogP contribution in [0.25, 0.3) is 22.4 Å². The number of rotatable bonds is 2. The smallest absolute Gasteiger partial charge is 0.282 e. The molecular weight excluding hydrogens is 374 g/mol. The fraction of sp³-hybridized carbons (Fsp3) is 0.350. The van der Waals surface area contributed by atoms with E-state index in [2.05, 4.69) is 22.4 Å². The fourth-order valence-corrected chi connectivity index (χ4v) is 4.78. The second kappa shape index (κ2) is 7.03. The van der Waals surface area contributed by atoms with Crippen molar-refractivity contribution < 1.29 is 9.53 Å². The number of H-pyrrole nitrogens is 1. The van der Waals surface area contributed by atoms with Crippen LogP contribution in [0.1, 0.15) is 21.6 Å². The van der Waals surface area contributed by atoms with E-state index in [-0.39, 0.29) is 5.91 Å². The molecule has 2 N–H and O–H groups in total. The standard InChI is InChI=1S/C20H21N5O2S/c1-12-11-25(6-5-21-12)20(26)19-24-18-15-3-2-13(14-9-22-23-10-14)8-16(15)27-7-4-17(18)28-19/h2-3,8-10,12,21H,4-7,11H2,1H3,(H,22,23). The summed E-state index contributed by atoms with van der Waals surface area (Å²) in [6.07, 6.45) is 4.41. The van der Waals surface area contributed by atoms with E-state index < -0.39 is 0 Å². The van der Waals surface area contributed by atoms with E-state index in [1.165, 1.54) is 11.3 Å². The molecule has 1 amide bonds. The first-order valence-electron chi connectivity index (χ1n) is 9.48. The molecule has 3 aromatic rings. The van der Waals surface area contributed by atoms with Crippen LogP contribution in [0, 0.1) is 0 Å². The largest absolute Gasteiger partial charge is 0.492 e. The summed E-state index contributed by atoms with van der Waals surface area (Å²) < 4.78 is 5.99. The molecule has 1 aromatic carbocycles. The number of carbonyl (C=O) groups excluding carboxylic acids is 1. The van der Waals surface area contributed by atoms with Crippen LogP contribution in [0.5, 0.6) is 5.75 Å². The van der Waals surface area contributed by atoms with Gasteiger partial charge >= 0.3 is 0 Å². The Morgan fingerprint density at radius 2 is 2.29 bits per heavy atom. The molecule has 5 rings (SSSR count). The zero-order chi connectivity index (χ0) is 19.1. The van der Waals surface area contributed by atoms with Gasteiger partial charge in [-0.05, 0) is 24.6 Å². The highest BCUT2D eigenvalue weighted by Crippen LogP contribution is 2.39. The van der Waals surface area contributed by atoms with Crippen molar-refractivity contribution >= 4 is 17.2 Å². The molecule has 8 heteroatoms. The summed E-state index contributed by atoms with van der Waals surface area (Å²) in [6, 6.07) is 6.41. The van der Waals surface area contributed by atoms with E-state index in [4.69, 9.17) is 9.72 Å². The number of amides is 1. The highest BCUT2D eigenvalue weighted by atomic mass is 32.1. The van der Waals surface area contributed by atoms with Crippen LogP contribution in [0.15, 0.2) is 30.6 Å². The molecular formula is C20H21N5O2S. The Hall–Kier alpha value is -2.71. The number of ether oxygens (including phenoxy) is 1. The number of hydrogen-bond donors (Lipinski definition) is 2. The van der Waals surface area contributed by atoms with Crippen LogP contribution >= 0.6 is 11.3 Å². The van der Waals surface area contributed by atoms with Crippen LogP contribution in [-0.4, -0.2) is 58.3 Å². The van der Waals surface area contributed by atoms with Gasteiger partial charge in [-0.15, -0.1) is 11.3 Å². The van der Waals surface area contributed by atoms with Crippen molar-refractivity contribution in [3.05, 3.63) is 40.5 Å². The predicted octanol–water partition coefficient (Wildman–Crippen LogP) is 2.57. The van der Waals surface area contributed by atoms with Gasteiger partial charge in [-0.2, -0.15) is 5.10 Å². The molecule has 144 valence electrons. The lowest BCUT2D eigenvalue weighted by Crippen LogP contribution is -2.51. The van der Waals surface area contributed by atoms with Crippen LogP contribution in [-0.2, 0) is 6.42 Å². The third kappa shape index (κ3) is 3.08. The molecule has 0 aliphatic carbocycles. The normalized spacial score (nSPS) is 18.8. The molecule has 7 nitrogen and oxygen atoms in total. The van der Waals surface area contributed by atoms with Gasteiger partial charge in [0.25, 0.3) is 5.91 Å². The van der Waals surface area contributed by atoms with Crippen molar-refractivity contribution in [2.75, 3.05) is 26.2 Å². The molecule has 0 spiro atoms. The maximum absolute atomic E-state index is 13.0. The first kappa shape index (κ1) is 17.4. The molecule has 0 saturated carbocycles. The molecule has 2 aliphatic heterocycles. The number of carbonyl (C=O) groups is 1. The molecule has 4 heterocycles. The second-order valence-electron chi connectivity index (χ2n) is 7.19. The first-order chi connectivity index (χ1) is 13.7. The topological polar surface area (TPSA) is 83.1 Å². The number of benzene rings is 1. The minimum absolute atomic E-state index is 0.0314. The number of nitrogens with zero attached hydrogens (tertiary/aromatic N) is 3. The van der Waals surface area contributed by atoms with Crippen molar-refractivity contribution in [2.24, 2.45) is 0 Å². The van der Waals surface area contributed by atoms with Crippen molar-refractivity contribution in [3.63, 3.8) is 0 Å². The van der Waals surface area contributed by atoms with Gasteiger partial charge in [-0.3, -0.25) is 9.89 Å². The van der Waals surface area contributed by atoms with Gasteiger partial charge in [-0.25, -0.2) is 4.98 Å². The zero-order valence-electron chi connectivity index (χ0n) is 15.6. The summed E-state index contributed by atoms with van der Waals surface area (Å²) in [5.41, 5.74) is 3.88. The van der Waals surface area contributed by atoms with Gasteiger partial charge in [0.2, 0.25) is 0 Å². The second-order valence-corrected chi connectivity index (χ2v) is 8.28. The average molecular weight is 395 g/mol. The molecule has 0 radical (unpaired) electrons. The van der Waals surface area contributed by atoms with Gasteiger partial charge in [-0.1, -0.05) is 6.07 Å². The van der Waals surface area contributed by atoms with E-state index in [1.54, 1.807) is 6.20 Å². The summed E-state index contributed by atoms with van der Waals surface area (Å²) >= 11 is 1.50. The van der Waals surface area contributed by atoms with Crippen LogP contribution in [0.4, 0.5) is 0 Å². The number of hydrogen-bond acceptors (Lipinski definition) is 6. The van der Waals surface area contributed by atoms with Crippen molar-refractivity contribution in [3.8, 4) is 28.1 Å². The molecule has 1 atom stereocenters. The Morgan fingerprint density at radius 1 is 1.36 bits per heavy atom. The third-order valence-corrected chi connectivity index (χ3v) is 6.29. The molecule has 2 aliphatic rings. The van der Waals surface area contributed by atoms with E-state index in [0.29, 0.717) is 17.7 Å². The van der Waals surface area contributed by atoms with E-state index in [1.807, 2.05) is 29.3 Å². The van der Waals surface area contributed by atoms with E-state index in [0.717, 1.165) is 59.1 Å². The third-order valence-electron chi connectivity index (χ3n) is 5.19. The number of thiazole rings is 1. The molecule has 28 heavy (non-hydrogen) atoms. The summed E-state index contributed by atoms with van der Waals surface area (Å²) in [5.74, 6) is 0.835. The summed E-state index contributed by atoms with van der Waals surface area (Å²) in [6.45, 7) is 4.94. The van der Waals surface area contributed by atoms with Gasteiger partial charge < -0.3 is 15.0 Å². The highest BCUT2D eigenvalue weighted by Gasteiger charge is 2.27. The Balaban J connectivity index is 1.49. The predicted molar refractivity (Wildman–Crippen MR) is 108 cm³/mol. The minimum Gasteiger partial charge on any atom is -0.492 e. The summed E-state index contributed by atoms with van der Waals surface area (Å²) in [4.78, 5) is 20.7. The Kier molecular flexibility index (Phi) is 4.37. The zero-order valence-corrected chi connectivity index (χ0v) is 16.4. The van der Waals surface area contributed by atoms with Gasteiger partial charge in [0.15, 0.2) is 5.01 Å². The van der Waals surface area contributed by atoms with Crippen molar-refractivity contribution in [1.82, 2.24) is 25.4 Å². The maximum atomic E-state index is 13.0. The molecule has 1 fully saturated rings. The Labute approximate surface area is 166 Å². The number of nitrogens with one attached hydrogen (secondary N) is 2. The number of fused-ring (bicyclic) bond motifs is 3. The first-order valence-corrected chi connectivity index (χ1v) is 10.3. The molecule has 1 saturated heterocycles. The molecule has 2 aromatic heterocycles. The quantitative estimate of drug-likeness (QED) is 0.697. The SMILES string of the molecule is CC1CN(C(=O)c2nc3c(s2)CCOc2cc(-c4cn[nH]c4)ccc2-3)CCN1. The lowest BCUT2D eigenvalue weighted by molar-refractivity contribution is 0.0709. The maximum Gasteiger partial charge on any atom is 0.282 e. The fourth-order valence-electron chi connectivity index (χ4n) is 3.75. The van der Waals surface area contributed by atoms with Crippen LogP contribution in [0.2, 0.25) is 0 Å². The van der Waals surface area contributed by atoms with E-state index in [9.17, 15) is 4.79 Å².